The average molecular weight is 295 g/mol. The second-order valence-corrected chi connectivity index (χ2v) is 5.88. The Kier molecular flexibility index (Phi) is 4.20. The van der Waals surface area contributed by atoms with Crippen molar-refractivity contribution in [2.24, 2.45) is 0 Å². The van der Waals surface area contributed by atoms with Gasteiger partial charge in [0.2, 0.25) is 0 Å². The van der Waals surface area contributed by atoms with Crippen molar-refractivity contribution in [3.63, 3.8) is 0 Å². The number of hydrogen-bond acceptors (Lipinski definition) is 3. The Balaban J connectivity index is 1.87. The first-order valence-electron chi connectivity index (χ1n) is 7.69. The normalized spacial score (nSPS) is 18.3. The number of aromatic nitrogens is 1. The number of benzene rings is 1. The Hall–Kier alpha value is -2.20. The molecule has 1 aromatic carbocycles. The van der Waals surface area contributed by atoms with Crippen molar-refractivity contribution >= 4 is 5.91 Å². The van der Waals surface area contributed by atoms with E-state index in [9.17, 15) is 4.79 Å². The molecule has 4 nitrogen and oxygen atoms in total. The van der Waals surface area contributed by atoms with Crippen LogP contribution in [0.25, 0.3) is 11.1 Å². The third kappa shape index (κ3) is 3.02. The third-order valence-corrected chi connectivity index (χ3v) is 4.13. The first-order chi connectivity index (χ1) is 10.6. The summed E-state index contributed by atoms with van der Waals surface area (Å²) in [6.07, 6.45) is 3.47. The number of piperazine rings is 1. The summed E-state index contributed by atoms with van der Waals surface area (Å²) in [7, 11) is 0. The molecular weight excluding hydrogens is 274 g/mol. The molecule has 1 aliphatic rings. The molecule has 1 amide bonds. The Morgan fingerprint density at radius 1 is 1.23 bits per heavy atom. The lowest BCUT2D eigenvalue weighted by molar-refractivity contribution is 0.0655. The quantitative estimate of drug-likeness (QED) is 0.926. The van der Waals surface area contributed by atoms with Gasteiger partial charge in [0.05, 0.1) is 5.56 Å². The van der Waals surface area contributed by atoms with Crippen LogP contribution in [0, 0.1) is 6.92 Å². The molecule has 2 heterocycles. The predicted octanol–water partition coefficient (Wildman–Crippen LogP) is 2.49. The summed E-state index contributed by atoms with van der Waals surface area (Å²) in [6.45, 7) is 6.57. The van der Waals surface area contributed by atoms with E-state index in [4.69, 9.17) is 0 Å². The second-order valence-electron chi connectivity index (χ2n) is 5.88. The number of carbonyl (C=O) groups excluding carboxylic acids is 1. The monoisotopic (exact) mass is 295 g/mol. The lowest BCUT2D eigenvalue weighted by Gasteiger charge is -2.34. The van der Waals surface area contributed by atoms with Gasteiger partial charge in [-0.05, 0) is 25.5 Å². The fraction of sp³-hybridized carbons (Fsp3) is 0.333. The molecule has 114 valence electrons. The zero-order valence-electron chi connectivity index (χ0n) is 13.0. The second kappa shape index (κ2) is 6.28. The number of amides is 1. The van der Waals surface area contributed by atoms with E-state index in [1.165, 1.54) is 5.56 Å². The minimum absolute atomic E-state index is 0.0652. The number of aryl methyl sites for hydroxylation is 1. The summed E-state index contributed by atoms with van der Waals surface area (Å²) >= 11 is 0. The van der Waals surface area contributed by atoms with E-state index in [0.29, 0.717) is 5.56 Å². The smallest absolute Gasteiger partial charge is 0.255 e. The average Bonchev–Trinajstić information content (AvgIpc) is 2.55. The van der Waals surface area contributed by atoms with Gasteiger partial charge >= 0.3 is 0 Å². The molecule has 0 aliphatic carbocycles. The molecular formula is C18H21N3O. The first kappa shape index (κ1) is 14.7. The number of nitrogens with zero attached hydrogens (tertiary/aromatic N) is 2. The zero-order chi connectivity index (χ0) is 15.5. The SMILES string of the molecule is Cc1ccc(-c2cncc(C(=O)N3CCNC[C@@H]3C)c2)cc1. The highest BCUT2D eigenvalue weighted by atomic mass is 16.2. The van der Waals surface area contributed by atoms with Gasteiger partial charge in [-0.15, -0.1) is 0 Å². The van der Waals surface area contributed by atoms with Crippen LogP contribution in [-0.2, 0) is 0 Å². The van der Waals surface area contributed by atoms with Crippen molar-refractivity contribution in [1.82, 2.24) is 15.2 Å². The molecule has 0 bridgehead atoms. The summed E-state index contributed by atoms with van der Waals surface area (Å²) in [5.41, 5.74) is 3.94. The van der Waals surface area contributed by atoms with Crippen LogP contribution >= 0.6 is 0 Å². The van der Waals surface area contributed by atoms with Gasteiger partial charge in [-0.3, -0.25) is 9.78 Å². The van der Waals surface area contributed by atoms with Crippen molar-refractivity contribution in [3.05, 3.63) is 53.9 Å². The van der Waals surface area contributed by atoms with Gasteiger partial charge in [0.1, 0.15) is 0 Å². The lowest BCUT2D eigenvalue weighted by atomic mass is 10.0. The van der Waals surface area contributed by atoms with E-state index in [0.717, 1.165) is 30.8 Å². The Bertz CT molecular complexity index is 666. The molecule has 1 saturated heterocycles. The molecule has 0 radical (unpaired) electrons. The molecule has 2 aromatic rings. The molecule has 1 atom stereocenters. The molecule has 0 unspecified atom stereocenters. The van der Waals surface area contributed by atoms with Crippen LogP contribution in [0.3, 0.4) is 0 Å². The lowest BCUT2D eigenvalue weighted by Crippen LogP contribution is -2.52. The van der Waals surface area contributed by atoms with Crippen molar-refractivity contribution in [2.75, 3.05) is 19.6 Å². The standard InChI is InChI=1S/C18H21N3O/c1-13-3-5-15(6-4-13)16-9-17(12-20-11-16)18(22)21-8-7-19-10-14(21)2/h3-6,9,11-12,14,19H,7-8,10H2,1-2H3/t14-/m0/s1. The van der Waals surface area contributed by atoms with E-state index < -0.39 is 0 Å². The molecule has 1 aromatic heterocycles. The molecule has 3 rings (SSSR count). The summed E-state index contributed by atoms with van der Waals surface area (Å²) in [4.78, 5) is 18.9. The highest BCUT2D eigenvalue weighted by Crippen LogP contribution is 2.21. The Morgan fingerprint density at radius 3 is 2.73 bits per heavy atom. The van der Waals surface area contributed by atoms with Gasteiger partial charge in [0.15, 0.2) is 0 Å². The predicted molar refractivity (Wildman–Crippen MR) is 87.8 cm³/mol. The van der Waals surface area contributed by atoms with Gasteiger partial charge in [0.25, 0.3) is 5.91 Å². The number of rotatable bonds is 2. The zero-order valence-corrected chi connectivity index (χ0v) is 13.0. The van der Waals surface area contributed by atoms with Crippen molar-refractivity contribution < 1.29 is 4.79 Å². The van der Waals surface area contributed by atoms with Crippen LogP contribution < -0.4 is 5.32 Å². The van der Waals surface area contributed by atoms with Crippen LogP contribution in [0.2, 0.25) is 0 Å². The minimum atomic E-state index is 0.0652. The Morgan fingerprint density at radius 2 is 2.00 bits per heavy atom. The maximum absolute atomic E-state index is 12.7. The largest absolute Gasteiger partial charge is 0.333 e. The van der Waals surface area contributed by atoms with Crippen molar-refractivity contribution in [1.29, 1.82) is 0 Å². The van der Waals surface area contributed by atoms with Crippen LogP contribution in [0.4, 0.5) is 0 Å². The summed E-state index contributed by atoms with van der Waals surface area (Å²) in [5, 5.41) is 3.30. The van der Waals surface area contributed by atoms with E-state index >= 15 is 0 Å². The summed E-state index contributed by atoms with van der Waals surface area (Å²) < 4.78 is 0. The van der Waals surface area contributed by atoms with Crippen molar-refractivity contribution in [2.45, 2.75) is 19.9 Å². The number of carbonyl (C=O) groups is 1. The maximum atomic E-state index is 12.7. The first-order valence-corrected chi connectivity index (χ1v) is 7.69. The van der Waals surface area contributed by atoms with E-state index in [2.05, 4.69) is 48.4 Å². The molecule has 1 aliphatic heterocycles. The fourth-order valence-electron chi connectivity index (χ4n) is 2.77. The summed E-state index contributed by atoms with van der Waals surface area (Å²) in [6, 6.07) is 10.4. The van der Waals surface area contributed by atoms with Crippen LogP contribution in [0.5, 0.6) is 0 Å². The Labute approximate surface area is 131 Å². The number of pyridine rings is 1. The molecule has 0 saturated carbocycles. The van der Waals surface area contributed by atoms with E-state index in [1.54, 1.807) is 6.20 Å². The minimum Gasteiger partial charge on any atom is -0.333 e. The van der Waals surface area contributed by atoms with Gasteiger partial charge in [0, 0.05) is 43.6 Å². The van der Waals surface area contributed by atoms with Crippen LogP contribution in [0.15, 0.2) is 42.7 Å². The van der Waals surface area contributed by atoms with Crippen LogP contribution in [-0.4, -0.2) is 41.5 Å². The van der Waals surface area contributed by atoms with Crippen LogP contribution in [0.1, 0.15) is 22.8 Å². The van der Waals surface area contributed by atoms with Gasteiger partial charge < -0.3 is 10.2 Å². The number of hydrogen-bond donors (Lipinski definition) is 1. The summed E-state index contributed by atoms with van der Waals surface area (Å²) in [5.74, 6) is 0.0652. The molecule has 4 heteroatoms. The third-order valence-electron chi connectivity index (χ3n) is 4.13. The molecule has 22 heavy (non-hydrogen) atoms. The van der Waals surface area contributed by atoms with Gasteiger partial charge in [-0.1, -0.05) is 29.8 Å². The van der Waals surface area contributed by atoms with Crippen molar-refractivity contribution in [3.8, 4) is 11.1 Å². The van der Waals surface area contributed by atoms with E-state index in [-0.39, 0.29) is 11.9 Å². The van der Waals surface area contributed by atoms with E-state index in [1.807, 2.05) is 17.2 Å². The molecule has 1 fully saturated rings. The number of nitrogens with one attached hydrogen (secondary N) is 1. The maximum Gasteiger partial charge on any atom is 0.255 e. The molecule has 0 spiro atoms. The fourth-order valence-corrected chi connectivity index (χ4v) is 2.77. The highest BCUT2D eigenvalue weighted by Gasteiger charge is 2.24. The topological polar surface area (TPSA) is 45.2 Å². The van der Waals surface area contributed by atoms with Gasteiger partial charge in [-0.2, -0.15) is 0 Å². The molecule has 1 N–H and O–H groups in total. The van der Waals surface area contributed by atoms with Gasteiger partial charge in [-0.25, -0.2) is 0 Å². The highest BCUT2D eigenvalue weighted by molar-refractivity contribution is 5.95.